The summed E-state index contributed by atoms with van der Waals surface area (Å²) in [5.41, 5.74) is 2.22. The molecule has 0 unspecified atom stereocenters. The lowest BCUT2D eigenvalue weighted by molar-refractivity contribution is 0.350. The molecule has 0 aromatic heterocycles. The molecule has 106 valence electrons. The lowest BCUT2D eigenvalue weighted by Crippen LogP contribution is -2.13. The molecule has 0 radical (unpaired) electrons. The van der Waals surface area contributed by atoms with E-state index < -0.39 is 0 Å². The van der Waals surface area contributed by atoms with Crippen molar-refractivity contribution in [2.24, 2.45) is 0 Å². The summed E-state index contributed by atoms with van der Waals surface area (Å²) in [6, 6.07) is 13.7. The van der Waals surface area contributed by atoms with Crippen LogP contribution in [0.2, 0.25) is 5.02 Å². The minimum atomic E-state index is 0.701. The molecular formula is C16H18ClNO2. The summed E-state index contributed by atoms with van der Waals surface area (Å²) >= 11 is 5.96. The first-order valence-electron chi connectivity index (χ1n) is 6.39. The van der Waals surface area contributed by atoms with Crippen molar-refractivity contribution in [3.8, 4) is 11.5 Å². The fourth-order valence-corrected chi connectivity index (χ4v) is 2.29. The van der Waals surface area contributed by atoms with Crippen molar-refractivity contribution in [2.45, 2.75) is 13.1 Å². The molecule has 0 bridgehead atoms. The summed E-state index contributed by atoms with van der Waals surface area (Å²) in [6.45, 7) is 1.45. The van der Waals surface area contributed by atoms with E-state index in [1.54, 1.807) is 14.2 Å². The Kier molecular flexibility index (Phi) is 5.27. The molecule has 2 aromatic carbocycles. The van der Waals surface area contributed by atoms with Crippen molar-refractivity contribution < 1.29 is 9.47 Å². The Morgan fingerprint density at radius 2 is 1.80 bits per heavy atom. The van der Waals surface area contributed by atoms with E-state index in [0.29, 0.717) is 6.54 Å². The van der Waals surface area contributed by atoms with Crippen LogP contribution in [0, 0.1) is 0 Å². The summed E-state index contributed by atoms with van der Waals surface area (Å²) in [4.78, 5) is 0. The highest BCUT2D eigenvalue weighted by atomic mass is 35.5. The van der Waals surface area contributed by atoms with Crippen LogP contribution in [0.25, 0.3) is 0 Å². The zero-order valence-electron chi connectivity index (χ0n) is 11.7. The largest absolute Gasteiger partial charge is 0.493 e. The summed E-state index contributed by atoms with van der Waals surface area (Å²) in [5, 5.41) is 4.13. The van der Waals surface area contributed by atoms with Crippen molar-refractivity contribution in [1.29, 1.82) is 0 Å². The van der Waals surface area contributed by atoms with Gasteiger partial charge >= 0.3 is 0 Å². The topological polar surface area (TPSA) is 30.5 Å². The number of benzene rings is 2. The Labute approximate surface area is 124 Å². The van der Waals surface area contributed by atoms with Gasteiger partial charge in [0.25, 0.3) is 0 Å². The number of hydrogen-bond donors (Lipinski definition) is 1. The maximum absolute atomic E-state index is 5.96. The van der Waals surface area contributed by atoms with Crippen LogP contribution in [0.15, 0.2) is 42.5 Å². The molecule has 0 fully saturated rings. The number of ether oxygens (including phenoxy) is 2. The smallest absolute Gasteiger partial charge is 0.165 e. The number of methoxy groups -OCH3 is 2. The first kappa shape index (κ1) is 14.7. The summed E-state index contributed by atoms with van der Waals surface area (Å²) < 4.78 is 10.7. The molecule has 0 aliphatic carbocycles. The van der Waals surface area contributed by atoms with Crippen LogP contribution < -0.4 is 14.8 Å². The van der Waals surface area contributed by atoms with E-state index >= 15 is 0 Å². The monoisotopic (exact) mass is 291 g/mol. The van der Waals surface area contributed by atoms with E-state index in [1.165, 1.54) is 0 Å². The Hall–Kier alpha value is -1.71. The van der Waals surface area contributed by atoms with E-state index in [0.717, 1.165) is 34.2 Å². The standard InChI is InChI=1S/C16H18ClNO2/c1-19-15-8-4-6-13(16(15)20-2)11-18-10-12-5-3-7-14(17)9-12/h3-9,18H,10-11H2,1-2H3. The lowest BCUT2D eigenvalue weighted by Gasteiger charge is -2.13. The number of para-hydroxylation sites is 1. The molecule has 0 atom stereocenters. The Bertz CT molecular complexity index is 572. The van der Waals surface area contributed by atoms with Gasteiger partial charge in [-0.1, -0.05) is 35.9 Å². The van der Waals surface area contributed by atoms with Gasteiger partial charge in [-0.3, -0.25) is 0 Å². The van der Waals surface area contributed by atoms with Gasteiger partial charge in [0.1, 0.15) is 0 Å². The normalized spacial score (nSPS) is 10.3. The third kappa shape index (κ3) is 3.65. The molecule has 1 N–H and O–H groups in total. The van der Waals surface area contributed by atoms with Gasteiger partial charge in [0.05, 0.1) is 14.2 Å². The minimum Gasteiger partial charge on any atom is -0.493 e. The molecule has 20 heavy (non-hydrogen) atoms. The average molecular weight is 292 g/mol. The van der Waals surface area contributed by atoms with Gasteiger partial charge in [0.2, 0.25) is 0 Å². The molecule has 3 nitrogen and oxygen atoms in total. The summed E-state index contributed by atoms with van der Waals surface area (Å²) in [7, 11) is 3.29. The number of halogens is 1. The van der Waals surface area contributed by atoms with Gasteiger partial charge in [-0.15, -0.1) is 0 Å². The minimum absolute atomic E-state index is 0.701. The Morgan fingerprint density at radius 3 is 2.50 bits per heavy atom. The molecule has 4 heteroatoms. The van der Waals surface area contributed by atoms with Crippen molar-refractivity contribution in [2.75, 3.05) is 14.2 Å². The van der Waals surface area contributed by atoms with Gasteiger partial charge in [-0.2, -0.15) is 0 Å². The molecule has 0 amide bonds. The average Bonchev–Trinajstić information content (AvgIpc) is 2.47. The number of rotatable bonds is 6. The zero-order valence-corrected chi connectivity index (χ0v) is 12.4. The summed E-state index contributed by atoms with van der Waals surface area (Å²) in [5.74, 6) is 1.52. The van der Waals surface area contributed by atoms with Gasteiger partial charge < -0.3 is 14.8 Å². The fourth-order valence-electron chi connectivity index (χ4n) is 2.08. The Morgan fingerprint density at radius 1 is 1.00 bits per heavy atom. The van der Waals surface area contributed by atoms with Crippen molar-refractivity contribution in [1.82, 2.24) is 5.32 Å². The molecule has 0 aliphatic heterocycles. The maximum atomic E-state index is 5.96. The van der Waals surface area contributed by atoms with Crippen LogP contribution in [-0.2, 0) is 13.1 Å². The zero-order chi connectivity index (χ0) is 14.4. The van der Waals surface area contributed by atoms with E-state index in [2.05, 4.69) is 5.32 Å². The van der Waals surface area contributed by atoms with E-state index in [1.807, 2.05) is 42.5 Å². The molecule has 0 saturated carbocycles. The maximum Gasteiger partial charge on any atom is 0.165 e. The number of nitrogens with one attached hydrogen (secondary N) is 1. The van der Waals surface area contributed by atoms with Crippen LogP contribution in [0.3, 0.4) is 0 Å². The van der Waals surface area contributed by atoms with Crippen LogP contribution >= 0.6 is 11.6 Å². The highest BCUT2D eigenvalue weighted by molar-refractivity contribution is 6.30. The predicted molar refractivity (Wildman–Crippen MR) is 81.5 cm³/mol. The molecule has 0 spiro atoms. The van der Waals surface area contributed by atoms with Crippen LogP contribution in [0.4, 0.5) is 0 Å². The van der Waals surface area contributed by atoms with Gasteiger partial charge in [-0.25, -0.2) is 0 Å². The molecule has 0 saturated heterocycles. The quantitative estimate of drug-likeness (QED) is 0.881. The van der Waals surface area contributed by atoms with Crippen molar-refractivity contribution in [3.63, 3.8) is 0 Å². The van der Waals surface area contributed by atoms with E-state index in [9.17, 15) is 0 Å². The van der Waals surface area contributed by atoms with Crippen molar-refractivity contribution >= 4 is 11.6 Å². The Balaban J connectivity index is 2.01. The van der Waals surface area contributed by atoms with Crippen LogP contribution in [0.5, 0.6) is 11.5 Å². The second-order valence-corrected chi connectivity index (χ2v) is 4.82. The molecular weight excluding hydrogens is 274 g/mol. The number of hydrogen-bond acceptors (Lipinski definition) is 3. The van der Waals surface area contributed by atoms with E-state index in [4.69, 9.17) is 21.1 Å². The first-order valence-corrected chi connectivity index (χ1v) is 6.77. The third-order valence-corrected chi connectivity index (χ3v) is 3.25. The summed E-state index contributed by atoms with van der Waals surface area (Å²) in [6.07, 6.45) is 0. The van der Waals surface area contributed by atoms with E-state index in [-0.39, 0.29) is 0 Å². The lowest BCUT2D eigenvalue weighted by atomic mass is 10.1. The highest BCUT2D eigenvalue weighted by Gasteiger charge is 2.08. The highest BCUT2D eigenvalue weighted by Crippen LogP contribution is 2.30. The van der Waals surface area contributed by atoms with Gasteiger partial charge in [0, 0.05) is 23.7 Å². The molecule has 0 heterocycles. The molecule has 2 rings (SSSR count). The van der Waals surface area contributed by atoms with Gasteiger partial charge in [-0.05, 0) is 23.8 Å². The van der Waals surface area contributed by atoms with Crippen LogP contribution in [-0.4, -0.2) is 14.2 Å². The third-order valence-electron chi connectivity index (χ3n) is 3.02. The second-order valence-electron chi connectivity index (χ2n) is 4.39. The fraction of sp³-hybridized carbons (Fsp3) is 0.250. The molecule has 0 aliphatic rings. The van der Waals surface area contributed by atoms with Crippen LogP contribution in [0.1, 0.15) is 11.1 Å². The predicted octanol–water partition coefficient (Wildman–Crippen LogP) is 3.65. The molecule has 2 aromatic rings. The SMILES string of the molecule is COc1cccc(CNCc2cccc(Cl)c2)c1OC. The first-order chi connectivity index (χ1) is 9.74. The van der Waals surface area contributed by atoms with Gasteiger partial charge in [0.15, 0.2) is 11.5 Å². The van der Waals surface area contributed by atoms with Crippen molar-refractivity contribution in [3.05, 3.63) is 58.6 Å². The second kappa shape index (κ2) is 7.17.